The summed E-state index contributed by atoms with van der Waals surface area (Å²) >= 11 is 0. The zero-order valence-electron chi connectivity index (χ0n) is 13.0. The second-order valence-electron chi connectivity index (χ2n) is 5.79. The molecule has 1 unspecified atom stereocenters. The van der Waals surface area contributed by atoms with Crippen molar-refractivity contribution >= 4 is 23.6 Å². The number of nitrogens with zero attached hydrogens (tertiary/aromatic N) is 1. The van der Waals surface area contributed by atoms with E-state index in [1.807, 2.05) is 5.48 Å². The fourth-order valence-electron chi connectivity index (χ4n) is 1.64. The van der Waals surface area contributed by atoms with Crippen LogP contribution in [0.4, 0.5) is 0 Å². The Morgan fingerprint density at radius 3 is 2.39 bits per heavy atom. The highest BCUT2D eigenvalue weighted by atomic mass is 16.8. The van der Waals surface area contributed by atoms with Crippen molar-refractivity contribution in [3.05, 3.63) is 0 Å². The van der Waals surface area contributed by atoms with Gasteiger partial charge in [-0.1, -0.05) is 13.8 Å². The molecule has 1 rings (SSSR count). The van der Waals surface area contributed by atoms with Gasteiger partial charge in [-0.2, -0.15) is 0 Å². The minimum atomic E-state index is -1.42. The Morgan fingerprint density at radius 2 is 1.87 bits per heavy atom. The molecular weight excluding hydrogens is 310 g/mol. The van der Waals surface area contributed by atoms with E-state index in [1.165, 1.54) is 13.8 Å². The van der Waals surface area contributed by atoms with Crippen molar-refractivity contribution in [1.29, 1.82) is 0 Å². The second-order valence-corrected chi connectivity index (χ2v) is 5.79. The number of amides is 4. The van der Waals surface area contributed by atoms with Gasteiger partial charge < -0.3 is 15.5 Å². The second kappa shape index (κ2) is 7.99. The molecule has 0 aliphatic carbocycles. The summed E-state index contributed by atoms with van der Waals surface area (Å²) in [7, 11) is 0. The summed E-state index contributed by atoms with van der Waals surface area (Å²) in [5, 5.41) is 21.6. The number of carbonyl (C=O) groups excluding carboxylic acids is 4. The first-order valence-electron chi connectivity index (χ1n) is 7.07. The first-order valence-corrected chi connectivity index (χ1v) is 7.07. The third-order valence-electron chi connectivity index (χ3n) is 3.30. The number of nitrogens with one attached hydrogen (secondary N) is 2. The van der Waals surface area contributed by atoms with Crippen molar-refractivity contribution in [3.63, 3.8) is 0 Å². The third-order valence-corrected chi connectivity index (χ3v) is 3.30. The lowest BCUT2D eigenvalue weighted by atomic mass is 9.87. The summed E-state index contributed by atoms with van der Waals surface area (Å²) < 4.78 is 0. The Bertz CT molecular complexity index is 476. The van der Waals surface area contributed by atoms with Crippen LogP contribution >= 0.6 is 0 Å². The Kier molecular flexibility index (Phi) is 6.61. The van der Waals surface area contributed by atoms with Gasteiger partial charge in [0, 0.05) is 31.2 Å². The van der Waals surface area contributed by atoms with E-state index in [1.54, 1.807) is 0 Å². The van der Waals surface area contributed by atoms with Gasteiger partial charge in [0.15, 0.2) is 0 Å². The van der Waals surface area contributed by atoms with E-state index >= 15 is 0 Å². The molecular formula is C13H21N3O7. The molecule has 1 saturated heterocycles. The first-order chi connectivity index (χ1) is 10.7. The fourth-order valence-corrected chi connectivity index (χ4v) is 1.64. The van der Waals surface area contributed by atoms with Crippen LogP contribution in [-0.4, -0.2) is 58.2 Å². The lowest BCUT2D eigenvalue weighted by Crippen LogP contribution is -2.46. The monoisotopic (exact) mass is 331 g/mol. The van der Waals surface area contributed by atoms with Crippen LogP contribution in [0.3, 0.4) is 0 Å². The van der Waals surface area contributed by atoms with Crippen LogP contribution in [0, 0.1) is 5.41 Å². The maximum Gasteiger partial charge on any atom is 0.256 e. The summed E-state index contributed by atoms with van der Waals surface area (Å²) in [6.45, 7) is 2.56. The van der Waals surface area contributed by atoms with E-state index in [4.69, 9.17) is 5.11 Å². The number of hydrogen-bond donors (Lipinski definition) is 4. The lowest BCUT2D eigenvalue weighted by molar-refractivity contribution is -0.209. The summed E-state index contributed by atoms with van der Waals surface area (Å²) in [5.41, 5.74) is 0.913. The van der Waals surface area contributed by atoms with E-state index in [9.17, 15) is 24.3 Å². The number of carbonyl (C=O) groups is 4. The van der Waals surface area contributed by atoms with Crippen LogP contribution in [0.2, 0.25) is 0 Å². The zero-order chi connectivity index (χ0) is 17.6. The Labute approximate surface area is 132 Å². The van der Waals surface area contributed by atoms with Gasteiger partial charge in [-0.3, -0.25) is 19.2 Å². The molecule has 1 aliphatic rings. The van der Waals surface area contributed by atoms with Crippen LogP contribution < -0.4 is 10.8 Å². The molecule has 0 aromatic carbocycles. The normalized spacial score (nSPS) is 16.4. The zero-order valence-corrected chi connectivity index (χ0v) is 13.0. The molecule has 0 aromatic rings. The minimum absolute atomic E-state index is 0.0310. The number of hydrogen-bond acceptors (Lipinski definition) is 7. The molecule has 1 aliphatic heterocycles. The maximum absolute atomic E-state index is 11.7. The molecule has 0 spiro atoms. The molecule has 0 radical (unpaired) electrons. The molecule has 4 N–H and O–H groups in total. The predicted octanol–water partition coefficient (Wildman–Crippen LogP) is -2.02. The van der Waals surface area contributed by atoms with Gasteiger partial charge in [0.05, 0.1) is 6.61 Å². The molecule has 1 fully saturated rings. The Hall–Kier alpha value is -2.04. The fraction of sp³-hybridized carbons (Fsp3) is 0.692. The quantitative estimate of drug-likeness (QED) is 0.297. The molecule has 1 heterocycles. The summed E-state index contributed by atoms with van der Waals surface area (Å²) in [5.74, 6) is -2.47. The third kappa shape index (κ3) is 5.27. The van der Waals surface area contributed by atoms with Crippen LogP contribution in [0.15, 0.2) is 0 Å². The molecule has 1 atom stereocenters. The van der Waals surface area contributed by atoms with Crippen LogP contribution in [-0.2, 0) is 24.1 Å². The number of aliphatic hydroxyl groups excluding tert-OH is 2. The average Bonchev–Trinajstić information content (AvgIpc) is 2.82. The van der Waals surface area contributed by atoms with Crippen molar-refractivity contribution in [3.8, 4) is 0 Å². The van der Waals surface area contributed by atoms with E-state index in [2.05, 4.69) is 10.3 Å². The Balaban J connectivity index is 2.27. The summed E-state index contributed by atoms with van der Waals surface area (Å²) in [6, 6.07) is 0. The number of hydroxylamine groups is 3. The standard InChI is InChI=1S/C13H21N3O7/c1-13(2,7-17)11(21)12(22)14-6-5-8(18)15-23-16-9(19)3-4-10(16)20/h11,17,21H,3-7H2,1-2H3,(H,14,22)(H,15,18). The molecule has 130 valence electrons. The predicted molar refractivity (Wildman–Crippen MR) is 74.8 cm³/mol. The molecule has 0 bridgehead atoms. The van der Waals surface area contributed by atoms with E-state index in [0.717, 1.165) is 0 Å². The topological polar surface area (TPSA) is 145 Å². The van der Waals surface area contributed by atoms with Crippen LogP contribution in [0.25, 0.3) is 0 Å². The van der Waals surface area contributed by atoms with Gasteiger partial charge in [0.2, 0.25) is 11.8 Å². The average molecular weight is 331 g/mol. The van der Waals surface area contributed by atoms with Gasteiger partial charge in [-0.05, 0) is 0 Å². The number of aliphatic hydroxyl groups is 2. The highest BCUT2D eigenvalue weighted by molar-refractivity contribution is 6.00. The molecule has 23 heavy (non-hydrogen) atoms. The smallest absolute Gasteiger partial charge is 0.256 e. The van der Waals surface area contributed by atoms with Crippen LogP contribution in [0.1, 0.15) is 33.1 Å². The Morgan fingerprint density at radius 1 is 1.30 bits per heavy atom. The van der Waals surface area contributed by atoms with Gasteiger partial charge in [0.25, 0.3) is 11.8 Å². The molecule has 0 aromatic heterocycles. The minimum Gasteiger partial charge on any atom is -0.396 e. The van der Waals surface area contributed by atoms with Gasteiger partial charge in [-0.25, -0.2) is 5.48 Å². The van der Waals surface area contributed by atoms with Crippen molar-refractivity contribution < 1.29 is 34.3 Å². The maximum atomic E-state index is 11.7. The van der Waals surface area contributed by atoms with Crippen molar-refractivity contribution in [1.82, 2.24) is 15.9 Å². The van der Waals surface area contributed by atoms with Crippen molar-refractivity contribution in [2.45, 2.75) is 39.2 Å². The largest absolute Gasteiger partial charge is 0.396 e. The van der Waals surface area contributed by atoms with Crippen molar-refractivity contribution in [2.75, 3.05) is 13.2 Å². The number of rotatable bonds is 8. The highest BCUT2D eigenvalue weighted by Gasteiger charge is 2.33. The van der Waals surface area contributed by atoms with Crippen LogP contribution in [0.5, 0.6) is 0 Å². The molecule has 10 nitrogen and oxygen atoms in total. The summed E-state index contributed by atoms with van der Waals surface area (Å²) in [6.07, 6.45) is -1.55. The molecule has 0 saturated carbocycles. The number of imide groups is 1. The van der Waals surface area contributed by atoms with Gasteiger partial charge in [0.1, 0.15) is 6.10 Å². The first kappa shape index (κ1) is 19.0. The van der Waals surface area contributed by atoms with E-state index < -0.39 is 35.1 Å². The lowest BCUT2D eigenvalue weighted by Gasteiger charge is -2.27. The van der Waals surface area contributed by atoms with E-state index in [0.29, 0.717) is 5.06 Å². The van der Waals surface area contributed by atoms with Gasteiger partial charge in [-0.15, -0.1) is 10.0 Å². The molecule has 4 amide bonds. The van der Waals surface area contributed by atoms with E-state index in [-0.39, 0.29) is 32.4 Å². The highest BCUT2D eigenvalue weighted by Crippen LogP contribution is 2.19. The van der Waals surface area contributed by atoms with Gasteiger partial charge >= 0.3 is 0 Å². The summed E-state index contributed by atoms with van der Waals surface area (Å²) in [4.78, 5) is 50.2. The van der Waals surface area contributed by atoms with Crippen molar-refractivity contribution in [2.24, 2.45) is 5.41 Å². The molecule has 10 heteroatoms. The SMILES string of the molecule is CC(C)(CO)C(O)C(=O)NCCC(=O)NON1C(=O)CCC1=O.